The van der Waals surface area contributed by atoms with E-state index < -0.39 is 12.3 Å². The van der Waals surface area contributed by atoms with Crippen molar-refractivity contribution >= 4 is 40.7 Å². The van der Waals surface area contributed by atoms with Crippen LogP contribution >= 0.6 is 23.2 Å². The summed E-state index contributed by atoms with van der Waals surface area (Å²) < 4.78 is 13.5. The zero-order chi connectivity index (χ0) is 25.0. The Hall–Kier alpha value is -4.01. The smallest absolute Gasteiger partial charge is 0.347 e. The SMILES string of the molecule is NC(=O)c1nn(C2Oc3ccccc3O2)c2c1CCc1ccc(NC(=O)c3ccc(Cl)cc3Cl)cc1-2. The van der Waals surface area contributed by atoms with E-state index in [0.29, 0.717) is 51.9 Å². The Kier molecular flexibility index (Phi) is 5.35. The van der Waals surface area contributed by atoms with Crippen LogP contribution in [0.4, 0.5) is 5.69 Å². The molecule has 0 saturated heterocycles. The lowest BCUT2D eigenvalue weighted by Gasteiger charge is -2.21. The number of amides is 2. The van der Waals surface area contributed by atoms with Crippen LogP contribution in [0.1, 0.15) is 38.4 Å². The molecule has 4 aromatic rings. The number of hydrogen-bond donors (Lipinski definition) is 2. The average molecular weight is 521 g/mol. The predicted molar refractivity (Wildman–Crippen MR) is 135 cm³/mol. The van der Waals surface area contributed by atoms with Crippen LogP contribution in [0.2, 0.25) is 10.0 Å². The van der Waals surface area contributed by atoms with E-state index in [2.05, 4.69) is 10.4 Å². The first-order chi connectivity index (χ1) is 17.4. The number of anilines is 1. The quantitative estimate of drug-likeness (QED) is 0.382. The molecule has 0 unspecified atom stereocenters. The van der Waals surface area contributed by atoms with Crippen LogP contribution in [-0.2, 0) is 12.8 Å². The molecule has 1 aromatic heterocycles. The zero-order valence-corrected chi connectivity index (χ0v) is 20.1. The van der Waals surface area contributed by atoms with Gasteiger partial charge < -0.3 is 20.5 Å². The monoisotopic (exact) mass is 520 g/mol. The fourth-order valence-corrected chi connectivity index (χ4v) is 5.05. The maximum Gasteiger partial charge on any atom is 0.347 e. The first-order valence-corrected chi connectivity index (χ1v) is 11.9. The number of carbonyl (C=O) groups is 2. The molecule has 1 aliphatic heterocycles. The number of ether oxygens (including phenoxy) is 2. The number of benzene rings is 3. The molecule has 0 bridgehead atoms. The molecule has 6 rings (SSSR count). The summed E-state index contributed by atoms with van der Waals surface area (Å²) in [5.41, 5.74) is 9.86. The van der Waals surface area contributed by atoms with Gasteiger partial charge in [0.15, 0.2) is 17.2 Å². The largest absolute Gasteiger partial charge is 0.432 e. The maximum absolute atomic E-state index is 12.9. The molecule has 3 N–H and O–H groups in total. The molecule has 0 saturated carbocycles. The minimum atomic E-state index is -0.915. The van der Waals surface area contributed by atoms with Crippen LogP contribution in [0.25, 0.3) is 11.3 Å². The van der Waals surface area contributed by atoms with Gasteiger partial charge in [-0.25, -0.2) is 0 Å². The molecule has 2 amide bonds. The molecule has 36 heavy (non-hydrogen) atoms. The van der Waals surface area contributed by atoms with Crippen LogP contribution in [-0.4, -0.2) is 21.6 Å². The van der Waals surface area contributed by atoms with E-state index in [1.165, 1.54) is 10.7 Å². The Labute approximate surface area is 215 Å². The second kappa shape index (κ2) is 8.58. The normalized spacial score (nSPS) is 13.7. The van der Waals surface area contributed by atoms with Crippen molar-refractivity contribution in [3.05, 3.63) is 93.1 Å². The van der Waals surface area contributed by atoms with Gasteiger partial charge in [0.2, 0.25) is 0 Å². The number of primary amides is 1. The maximum atomic E-state index is 12.9. The molecule has 2 heterocycles. The Morgan fingerprint density at radius 3 is 2.44 bits per heavy atom. The lowest BCUT2D eigenvalue weighted by Crippen LogP contribution is -2.21. The first-order valence-electron chi connectivity index (χ1n) is 11.1. The third-order valence-corrected chi connectivity index (χ3v) is 6.74. The molecule has 0 spiro atoms. The van der Waals surface area contributed by atoms with Gasteiger partial charge in [0, 0.05) is 21.8 Å². The predicted octanol–water partition coefficient (Wildman–Crippen LogP) is 5.23. The molecule has 180 valence electrons. The zero-order valence-electron chi connectivity index (χ0n) is 18.6. The van der Waals surface area contributed by atoms with Crippen molar-refractivity contribution in [1.82, 2.24) is 9.78 Å². The molecule has 10 heteroatoms. The van der Waals surface area contributed by atoms with Crippen molar-refractivity contribution < 1.29 is 19.1 Å². The summed E-state index contributed by atoms with van der Waals surface area (Å²) in [7, 11) is 0. The van der Waals surface area contributed by atoms with Crippen molar-refractivity contribution in [2.24, 2.45) is 5.73 Å². The minimum Gasteiger partial charge on any atom is -0.432 e. The summed E-state index contributed by atoms with van der Waals surface area (Å²) in [6.07, 6.45) is 0.339. The van der Waals surface area contributed by atoms with Crippen molar-refractivity contribution in [3.63, 3.8) is 0 Å². The van der Waals surface area contributed by atoms with Gasteiger partial charge in [0.25, 0.3) is 11.8 Å². The molecule has 3 aromatic carbocycles. The Morgan fingerprint density at radius 2 is 1.75 bits per heavy atom. The molecule has 0 atom stereocenters. The number of halogens is 2. The number of nitrogens with one attached hydrogen (secondary N) is 1. The number of aromatic nitrogens is 2. The van der Waals surface area contributed by atoms with E-state index in [1.54, 1.807) is 24.3 Å². The number of aryl methyl sites for hydroxylation is 1. The van der Waals surface area contributed by atoms with E-state index in [4.69, 9.17) is 38.4 Å². The number of rotatable bonds is 4. The van der Waals surface area contributed by atoms with Crippen LogP contribution in [0.5, 0.6) is 11.5 Å². The Bertz CT molecular complexity index is 1540. The summed E-state index contributed by atoms with van der Waals surface area (Å²) in [4.78, 5) is 25.1. The van der Waals surface area contributed by atoms with Crippen molar-refractivity contribution in [3.8, 4) is 22.8 Å². The third kappa shape index (κ3) is 3.75. The van der Waals surface area contributed by atoms with Crippen molar-refractivity contribution in [2.45, 2.75) is 19.3 Å². The van der Waals surface area contributed by atoms with Gasteiger partial charge in [0.1, 0.15) is 0 Å². The molecular weight excluding hydrogens is 503 g/mol. The van der Waals surface area contributed by atoms with Gasteiger partial charge in [-0.2, -0.15) is 9.78 Å². The van der Waals surface area contributed by atoms with E-state index in [0.717, 1.165) is 11.1 Å². The Balaban J connectivity index is 1.40. The number of hydrogen-bond acceptors (Lipinski definition) is 5. The average Bonchev–Trinajstić information content (AvgIpc) is 3.46. The van der Waals surface area contributed by atoms with E-state index in [1.807, 2.05) is 30.3 Å². The van der Waals surface area contributed by atoms with Gasteiger partial charge in [0.05, 0.1) is 16.3 Å². The number of para-hydroxylation sites is 2. The highest BCUT2D eigenvalue weighted by Gasteiger charge is 2.35. The van der Waals surface area contributed by atoms with Crippen LogP contribution in [0, 0.1) is 0 Å². The molecule has 1 aliphatic carbocycles. The van der Waals surface area contributed by atoms with Crippen LogP contribution < -0.4 is 20.5 Å². The van der Waals surface area contributed by atoms with Gasteiger partial charge >= 0.3 is 6.41 Å². The van der Waals surface area contributed by atoms with Gasteiger partial charge in [-0.05, 0) is 60.9 Å². The van der Waals surface area contributed by atoms with Crippen LogP contribution in [0.3, 0.4) is 0 Å². The number of nitrogens with two attached hydrogens (primary N) is 1. The highest BCUT2D eigenvalue weighted by molar-refractivity contribution is 6.37. The molecule has 0 fully saturated rings. The summed E-state index contributed by atoms with van der Waals surface area (Å²) in [5, 5.41) is 8.06. The number of nitrogens with zero attached hydrogens (tertiary/aromatic N) is 2. The van der Waals surface area contributed by atoms with E-state index in [-0.39, 0.29) is 16.6 Å². The van der Waals surface area contributed by atoms with Crippen LogP contribution in [0.15, 0.2) is 60.7 Å². The number of carbonyl (C=O) groups excluding carboxylic acids is 2. The van der Waals surface area contributed by atoms with Gasteiger partial charge in [-0.1, -0.05) is 41.4 Å². The summed E-state index contributed by atoms with van der Waals surface area (Å²) in [5.74, 6) is 0.135. The van der Waals surface area contributed by atoms with Crippen molar-refractivity contribution in [2.75, 3.05) is 5.32 Å². The standard InChI is InChI=1S/C26H18Cl2N4O4/c27-14-7-10-16(19(28)11-14)25(34)30-15-8-5-13-6-9-17-22(24(29)33)31-32(23(17)18(13)12-15)26-35-20-3-1-2-4-21(20)36-26/h1-5,7-8,10-12,26H,6,9H2,(H2,29,33)(H,30,34). The summed E-state index contributed by atoms with van der Waals surface area (Å²) >= 11 is 12.2. The first kappa shape index (κ1) is 22.5. The molecule has 2 aliphatic rings. The third-order valence-electron chi connectivity index (χ3n) is 6.19. The fourth-order valence-electron chi connectivity index (χ4n) is 4.55. The van der Waals surface area contributed by atoms with Gasteiger partial charge in [-0.3, -0.25) is 9.59 Å². The van der Waals surface area contributed by atoms with E-state index >= 15 is 0 Å². The lowest BCUT2D eigenvalue weighted by molar-refractivity contribution is -0.0267. The number of fused-ring (bicyclic) bond motifs is 4. The Morgan fingerprint density at radius 1 is 1.00 bits per heavy atom. The van der Waals surface area contributed by atoms with Gasteiger partial charge in [-0.15, -0.1) is 0 Å². The second-order valence-electron chi connectivity index (χ2n) is 8.42. The second-order valence-corrected chi connectivity index (χ2v) is 9.27. The molecular formula is C26H18Cl2N4O4. The topological polar surface area (TPSA) is 108 Å². The van der Waals surface area contributed by atoms with E-state index in [9.17, 15) is 9.59 Å². The molecule has 8 nitrogen and oxygen atoms in total. The lowest BCUT2D eigenvalue weighted by atomic mass is 9.88. The fraction of sp³-hybridized carbons (Fsp3) is 0.115. The molecule has 0 radical (unpaired) electrons. The highest BCUT2D eigenvalue weighted by atomic mass is 35.5. The summed E-state index contributed by atoms with van der Waals surface area (Å²) in [6, 6.07) is 17.5. The minimum absolute atomic E-state index is 0.168. The van der Waals surface area contributed by atoms with Crippen molar-refractivity contribution in [1.29, 1.82) is 0 Å². The summed E-state index contributed by atoms with van der Waals surface area (Å²) in [6.45, 7) is 0. The highest BCUT2D eigenvalue weighted by Crippen LogP contribution is 2.43.